The number of hydrogen-bond donors (Lipinski definition) is 1. The molecule has 0 fully saturated rings. The second-order valence-electron chi connectivity index (χ2n) is 8.16. The smallest absolute Gasteiger partial charge is 0.497 e. The molecule has 9 heteroatoms. The standard InChI is InChI=1S/C28H26NO7P/c1-4-33-37(31,34-5-2)36-20-11-13-21-25(16-20)35-26(28(21)30)17-23-22-15-19(32-3)12-14-24(22)29-27(23)18-9-7-6-8-10-18/h6-17,29H,4-5H2,1-3H3/b26-17+. The third kappa shape index (κ3) is 4.91. The number of benzene rings is 3. The van der Waals surface area contributed by atoms with Crippen molar-refractivity contribution in [3.8, 4) is 28.5 Å². The Morgan fingerprint density at radius 1 is 0.946 bits per heavy atom. The minimum Gasteiger partial charge on any atom is -0.497 e. The highest BCUT2D eigenvalue weighted by atomic mass is 31.2. The molecule has 1 aliphatic rings. The molecule has 37 heavy (non-hydrogen) atoms. The number of methoxy groups -OCH3 is 1. The third-order valence-corrected chi connectivity index (χ3v) is 7.40. The maximum atomic E-state index is 13.3. The third-order valence-electron chi connectivity index (χ3n) is 5.82. The molecule has 0 unspecified atom stereocenters. The van der Waals surface area contributed by atoms with Crippen molar-refractivity contribution in [3.63, 3.8) is 0 Å². The second kappa shape index (κ2) is 10.3. The molecule has 0 bridgehead atoms. The summed E-state index contributed by atoms with van der Waals surface area (Å²) < 4.78 is 40.1. The molecule has 5 rings (SSSR count). The second-order valence-corrected chi connectivity index (χ2v) is 9.76. The lowest BCUT2D eigenvalue weighted by Gasteiger charge is -2.17. The van der Waals surface area contributed by atoms with Gasteiger partial charge in [0.15, 0.2) is 5.76 Å². The molecule has 4 aromatic rings. The van der Waals surface area contributed by atoms with E-state index >= 15 is 0 Å². The van der Waals surface area contributed by atoms with Gasteiger partial charge in [0.25, 0.3) is 0 Å². The van der Waals surface area contributed by atoms with E-state index in [0.717, 1.165) is 27.7 Å². The van der Waals surface area contributed by atoms with Gasteiger partial charge in [-0.2, -0.15) is 0 Å². The summed E-state index contributed by atoms with van der Waals surface area (Å²) in [6.45, 7) is 3.70. The molecule has 0 radical (unpaired) electrons. The molecule has 1 N–H and O–H groups in total. The average Bonchev–Trinajstić information content (AvgIpc) is 3.41. The lowest BCUT2D eigenvalue weighted by molar-refractivity contribution is 0.101. The van der Waals surface area contributed by atoms with E-state index in [1.165, 1.54) is 6.07 Å². The Morgan fingerprint density at radius 2 is 1.68 bits per heavy atom. The molecule has 0 spiro atoms. The predicted molar refractivity (Wildman–Crippen MR) is 141 cm³/mol. The number of H-pyrrole nitrogens is 1. The Labute approximate surface area is 214 Å². The number of allylic oxidation sites excluding steroid dienone is 1. The van der Waals surface area contributed by atoms with Crippen molar-refractivity contribution in [1.29, 1.82) is 0 Å². The van der Waals surface area contributed by atoms with Crippen molar-refractivity contribution in [2.24, 2.45) is 0 Å². The zero-order chi connectivity index (χ0) is 26.0. The first kappa shape index (κ1) is 24.8. The first-order valence-electron chi connectivity index (χ1n) is 11.9. The van der Waals surface area contributed by atoms with Crippen LogP contribution >= 0.6 is 7.82 Å². The van der Waals surface area contributed by atoms with Gasteiger partial charge >= 0.3 is 7.82 Å². The highest BCUT2D eigenvalue weighted by Gasteiger charge is 2.31. The fraction of sp³-hybridized carbons (Fsp3) is 0.179. The van der Waals surface area contributed by atoms with E-state index in [4.69, 9.17) is 23.0 Å². The number of carbonyl (C=O) groups excluding carboxylic acids is 1. The molecule has 2 heterocycles. The summed E-state index contributed by atoms with van der Waals surface area (Å²) in [6.07, 6.45) is 1.73. The Morgan fingerprint density at radius 3 is 2.38 bits per heavy atom. The first-order valence-corrected chi connectivity index (χ1v) is 13.3. The van der Waals surface area contributed by atoms with Gasteiger partial charge < -0.3 is 19.0 Å². The van der Waals surface area contributed by atoms with Gasteiger partial charge in [0.1, 0.15) is 17.2 Å². The molecule has 3 aromatic carbocycles. The Balaban J connectivity index is 1.54. The van der Waals surface area contributed by atoms with Crippen LogP contribution in [0.4, 0.5) is 0 Å². The highest BCUT2D eigenvalue weighted by Crippen LogP contribution is 2.50. The number of phosphoric acid groups is 1. The van der Waals surface area contributed by atoms with E-state index in [0.29, 0.717) is 17.1 Å². The molecule has 8 nitrogen and oxygen atoms in total. The maximum Gasteiger partial charge on any atom is 0.530 e. The summed E-state index contributed by atoms with van der Waals surface area (Å²) in [5, 5.41) is 0.886. The number of hydrogen-bond acceptors (Lipinski definition) is 7. The van der Waals surface area contributed by atoms with E-state index in [2.05, 4.69) is 4.98 Å². The zero-order valence-corrected chi connectivity index (χ0v) is 21.5. The first-order chi connectivity index (χ1) is 17.9. The SMILES string of the molecule is CCOP(=O)(OCC)Oc1ccc2c(c1)O/C(=C/c1c(-c3ccccc3)[nH]c3ccc(OC)cc13)C2=O. The van der Waals surface area contributed by atoms with Gasteiger partial charge in [0.05, 0.1) is 31.6 Å². The van der Waals surface area contributed by atoms with Gasteiger partial charge in [0, 0.05) is 22.5 Å². The van der Waals surface area contributed by atoms with Crippen LogP contribution in [0.15, 0.2) is 72.5 Å². The van der Waals surface area contributed by atoms with Crippen molar-refractivity contribution >= 4 is 30.6 Å². The zero-order valence-electron chi connectivity index (χ0n) is 20.6. The van der Waals surface area contributed by atoms with Gasteiger partial charge in [-0.1, -0.05) is 30.3 Å². The maximum absolute atomic E-state index is 13.3. The number of Topliss-reactive ketones (excluding diaryl/α,β-unsaturated/α-hetero) is 1. The van der Waals surface area contributed by atoms with Crippen molar-refractivity contribution < 1.29 is 32.4 Å². The fourth-order valence-corrected chi connectivity index (χ4v) is 5.38. The number of rotatable bonds is 9. The lowest BCUT2D eigenvalue weighted by Crippen LogP contribution is -2.02. The molecule has 0 atom stereocenters. The summed E-state index contributed by atoms with van der Waals surface area (Å²) in [5.74, 6) is 1.09. The minimum absolute atomic E-state index is 0.156. The number of phosphoric ester groups is 1. The number of fused-ring (bicyclic) bond motifs is 2. The van der Waals surface area contributed by atoms with Gasteiger partial charge in [-0.3, -0.25) is 13.8 Å². The summed E-state index contributed by atoms with van der Waals surface area (Å²) in [4.78, 5) is 16.7. The Bertz CT molecular complexity index is 1530. The fourth-order valence-electron chi connectivity index (χ4n) is 4.19. The van der Waals surface area contributed by atoms with Crippen LogP contribution in [-0.4, -0.2) is 31.1 Å². The summed E-state index contributed by atoms with van der Waals surface area (Å²) in [6, 6.07) is 20.2. The van der Waals surface area contributed by atoms with E-state index < -0.39 is 7.82 Å². The van der Waals surface area contributed by atoms with Crippen LogP contribution in [0.2, 0.25) is 0 Å². The van der Waals surface area contributed by atoms with Crippen molar-refractivity contribution in [2.75, 3.05) is 20.3 Å². The Hall–Kier alpha value is -3.84. The molecule has 0 saturated heterocycles. The summed E-state index contributed by atoms with van der Waals surface area (Å²) in [7, 11) is -2.18. The van der Waals surface area contributed by atoms with Crippen LogP contribution in [-0.2, 0) is 13.6 Å². The lowest BCUT2D eigenvalue weighted by atomic mass is 10.0. The van der Waals surface area contributed by atoms with E-state index in [9.17, 15) is 9.36 Å². The number of ketones is 1. The average molecular weight is 519 g/mol. The molecular formula is C28H26NO7P. The van der Waals surface area contributed by atoms with Crippen LogP contribution < -0.4 is 14.0 Å². The largest absolute Gasteiger partial charge is 0.530 e. The number of nitrogens with one attached hydrogen (secondary N) is 1. The van der Waals surface area contributed by atoms with Gasteiger partial charge in [-0.05, 0) is 55.8 Å². The Kier molecular flexibility index (Phi) is 6.89. The molecule has 0 amide bonds. The summed E-state index contributed by atoms with van der Waals surface area (Å²) in [5.41, 5.74) is 3.88. The number of aromatic amines is 1. The predicted octanol–water partition coefficient (Wildman–Crippen LogP) is 7.02. The number of ether oxygens (including phenoxy) is 2. The number of aromatic nitrogens is 1. The van der Waals surface area contributed by atoms with E-state index in [-0.39, 0.29) is 30.5 Å². The normalized spacial score (nSPS) is 14.1. The molecule has 1 aromatic heterocycles. The van der Waals surface area contributed by atoms with Crippen molar-refractivity contribution in [1.82, 2.24) is 4.98 Å². The molecule has 1 aliphatic heterocycles. The van der Waals surface area contributed by atoms with Crippen LogP contribution in [0.1, 0.15) is 29.8 Å². The van der Waals surface area contributed by atoms with E-state index in [1.54, 1.807) is 39.2 Å². The summed E-state index contributed by atoms with van der Waals surface area (Å²) >= 11 is 0. The highest BCUT2D eigenvalue weighted by molar-refractivity contribution is 7.48. The van der Waals surface area contributed by atoms with Crippen LogP contribution in [0.5, 0.6) is 17.2 Å². The molecular weight excluding hydrogens is 493 g/mol. The van der Waals surface area contributed by atoms with Crippen LogP contribution in [0, 0.1) is 0 Å². The number of carbonyl (C=O) groups is 1. The van der Waals surface area contributed by atoms with E-state index in [1.807, 2.05) is 48.5 Å². The molecule has 0 aliphatic carbocycles. The van der Waals surface area contributed by atoms with Gasteiger partial charge in [-0.15, -0.1) is 0 Å². The minimum atomic E-state index is -3.79. The van der Waals surface area contributed by atoms with Crippen LogP contribution in [0.25, 0.3) is 28.2 Å². The monoisotopic (exact) mass is 519 g/mol. The van der Waals surface area contributed by atoms with Gasteiger partial charge in [-0.25, -0.2) is 4.57 Å². The molecule has 190 valence electrons. The van der Waals surface area contributed by atoms with Crippen molar-refractivity contribution in [3.05, 3.63) is 83.6 Å². The van der Waals surface area contributed by atoms with Crippen molar-refractivity contribution in [2.45, 2.75) is 13.8 Å². The molecule has 0 saturated carbocycles. The quantitative estimate of drug-likeness (QED) is 0.187. The van der Waals surface area contributed by atoms with Gasteiger partial charge in [0.2, 0.25) is 5.78 Å². The topological polar surface area (TPSA) is 96.1 Å². The van der Waals surface area contributed by atoms with Crippen LogP contribution in [0.3, 0.4) is 0 Å².